The summed E-state index contributed by atoms with van der Waals surface area (Å²) in [7, 11) is -2.36. The standard InChI is InChI=1S/C27H42N3O10PS2/c1-10-41(33,17(13-37-23(42)25(2,3)4)40-24(43(34)35)26(5,6)7)38-12-16-20(31)27(8,32)21(39-16)15-11-36-19-18(15)29-14-30-22(19)28-9/h10-11,14,16-17,20-21,31-32,34-35H,1,12-13H2,2-9H3,(H,28,29,30). The first-order valence-corrected chi connectivity index (χ1v) is 16.8. The molecular weight excluding hydrogens is 621 g/mol. The van der Waals surface area contributed by atoms with Crippen LogP contribution in [0, 0.1) is 23.9 Å². The first-order chi connectivity index (χ1) is 19.8. The first-order valence-electron chi connectivity index (χ1n) is 13.4. The third kappa shape index (κ3) is 7.83. The van der Waals surface area contributed by atoms with Gasteiger partial charge in [-0.2, -0.15) is 0 Å². The van der Waals surface area contributed by atoms with Crippen LogP contribution in [0.25, 0.3) is 11.1 Å². The molecule has 5 N–H and O–H groups in total. The number of fused-ring (bicyclic) bond motifs is 1. The van der Waals surface area contributed by atoms with Gasteiger partial charge in [-0.15, -0.1) is 0 Å². The lowest BCUT2D eigenvalue weighted by molar-refractivity contribution is -0.0643. The quantitative estimate of drug-likeness (QED) is 0.164. The fraction of sp³-hybridized carbons (Fsp3) is 0.630. The van der Waals surface area contributed by atoms with Crippen LogP contribution in [0.4, 0.5) is 5.82 Å². The van der Waals surface area contributed by atoms with Crippen molar-refractivity contribution in [3.05, 3.63) is 31.2 Å². The molecule has 2 radical (unpaired) electrons. The highest BCUT2D eigenvalue weighted by molar-refractivity contribution is 8.05. The number of furan rings is 1. The van der Waals surface area contributed by atoms with Crippen LogP contribution in [0.15, 0.2) is 17.0 Å². The molecule has 6 unspecified atom stereocenters. The number of aliphatic hydroxyl groups excluding tert-OH is 1. The van der Waals surface area contributed by atoms with Gasteiger partial charge in [0.05, 0.1) is 30.1 Å². The van der Waals surface area contributed by atoms with Crippen LogP contribution in [-0.4, -0.2) is 83.3 Å². The molecule has 2 aromatic heterocycles. The fourth-order valence-corrected chi connectivity index (χ4v) is 6.62. The number of aliphatic hydroxyl groups is 2. The summed E-state index contributed by atoms with van der Waals surface area (Å²) in [5.41, 5.74) is -2.10. The SMILES string of the molecule is [CH2][CH]P(=O)(OCC1OC(c2coc3c(NC)ncnc23)C(C)(O)C1O)C(COC(=S)C(C)(C)C)OC(=S(O)O)C(C)(C)C. The number of nitrogens with zero attached hydrogens (tertiary/aromatic N) is 2. The number of nitrogens with one attached hydrogen (secondary N) is 1. The molecule has 6 atom stereocenters. The zero-order valence-electron chi connectivity index (χ0n) is 25.6. The second kappa shape index (κ2) is 13.5. The van der Waals surface area contributed by atoms with Gasteiger partial charge in [0.1, 0.15) is 47.4 Å². The van der Waals surface area contributed by atoms with E-state index in [9.17, 15) is 23.9 Å². The number of thiocarbonyl (C=S) groups is 1. The van der Waals surface area contributed by atoms with Gasteiger partial charge in [0.25, 0.3) is 0 Å². The monoisotopic (exact) mass is 663 g/mol. The fourth-order valence-electron chi connectivity index (χ4n) is 4.31. The lowest BCUT2D eigenvalue weighted by Gasteiger charge is -2.32. The van der Waals surface area contributed by atoms with Crippen LogP contribution in [-0.2, 0) is 23.3 Å². The summed E-state index contributed by atoms with van der Waals surface area (Å²) in [4.78, 5) is 8.36. The van der Waals surface area contributed by atoms with E-state index in [2.05, 4.69) is 22.2 Å². The Bertz CT molecular complexity index is 1380. The lowest BCUT2D eigenvalue weighted by Crippen LogP contribution is -2.43. The molecule has 43 heavy (non-hydrogen) atoms. The zero-order chi connectivity index (χ0) is 32.5. The number of rotatable bonds is 10. The molecule has 0 saturated carbocycles. The van der Waals surface area contributed by atoms with E-state index in [1.54, 1.807) is 27.8 Å². The Morgan fingerprint density at radius 2 is 1.93 bits per heavy atom. The largest absolute Gasteiger partial charge is 0.483 e. The average molecular weight is 664 g/mol. The molecule has 0 aromatic carbocycles. The molecule has 1 aliphatic rings. The van der Waals surface area contributed by atoms with Crippen LogP contribution in [0.2, 0.25) is 0 Å². The highest BCUT2D eigenvalue weighted by Gasteiger charge is 2.54. The molecule has 0 amide bonds. The predicted octanol–water partition coefficient (Wildman–Crippen LogP) is 5.23. The number of ether oxygens (including phenoxy) is 3. The molecule has 2 aromatic rings. The van der Waals surface area contributed by atoms with E-state index >= 15 is 0 Å². The van der Waals surface area contributed by atoms with E-state index in [1.807, 2.05) is 20.8 Å². The van der Waals surface area contributed by atoms with Crippen molar-refractivity contribution >= 4 is 57.7 Å². The maximum Gasteiger partial charge on any atom is 0.238 e. The van der Waals surface area contributed by atoms with Gasteiger partial charge in [-0.1, -0.05) is 41.5 Å². The van der Waals surface area contributed by atoms with Crippen molar-refractivity contribution in [2.24, 2.45) is 10.8 Å². The summed E-state index contributed by atoms with van der Waals surface area (Å²) in [5, 5.41) is 25.3. The van der Waals surface area contributed by atoms with Crippen molar-refractivity contribution in [2.75, 3.05) is 25.6 Å². The van der Waals surface area contributed by atoms with Crippen LogP contribution in [0.5, 0.6) is 0 Å². The van der Waals surface area contributed by atoms with Crippen molar-refractivity contribution in [1.82, 2.24) is 9.97 Å². The second-order valence-corrected chi connectivity index (χ2v) is 16.2. The Labute approximate surface area is 260 Å². The normalized spacial score (nSPS) is 25.1. The van der Waals surface area contributed by atoms with Gasteiger partial charge in [-0.05, 0) is 26.1 Å². The van der Waals surface area contributed by atoms with Gasteiger partial charge in [-0.25, -0.2) is 9.97 Å². The minimum Gasteiger partial charge on any atom is -0.483 e. The second-order valence-electron chi connectivity index (χ2n) is 12.4. The van der Waals surface area contributed by atoms with Crippen LogP contribution >= 0.6 is 30.6 Å². The first kappa shape index (κ1) is 36.0. The van der Waals surface area contributed by atoms with E-state index in [-0.39, 0.29) is 16.7 Å². The third-order valence-corrected chi connectivity index (χ3v) is 10.7. The molecule has 13 nitrogen and oxygen atoms in total. The minimum absolute atomic E-state index is 0.150. The van der Waals surface area contributed by atoms with Gasteiger partial charge >= 0.3 is 0 Å². The highest BCUT2D eigenvalue weighted by Crippen LogP contribution is 2.57. The Kier molecular flexibility index (Phi) is 11.2. The van der Waals surface area contributed by atoms with Crippen molar-refractivity contribution < 1.29 is 47.0 Å². The molecule has 1 aliphatic heterocycles. The maximum absolute atomic E-state index is 14.2. The molecule has 1 fully saturated rings. The Balaban J connectivity index is 1.89. The average Bonchev–Trinajstić information content (AvgIpc) is 3.43. The molecule has 242 valence electrons. The van der Waals surface area contributed by atoms with E-state index in [4.69, 9.17) is 35.4 Å². The summed E-state index contributed by atoms with van der Waals surface area (Å²) in [6, 6.07) is 0. The van der Waals surface area contributed by atoms with Crippen molar-refractivity contribution in [2.45, 2.75) is 78.2 Å². The van der Waals surface area contributed by atoms with Gasteiger partial charge < -0.3 is 47.8 Å². The van der Waals surface area contributed by atoms with E-state index in [1.165, 1.54) is 19.5 Å². The van der Waals surface area contributed by atoms with Crippen LogP contribution in [0.1, 0.15) is 60.1 Å². The van der Waals surface area contributed by atoms with Crippen molar-refractivity contribution in [1.29, 1.82) is 0 Å². The zero-order valence-corrected chi connectivity index (χ0v) is 28.1. The molecule has 0 bridgehead atoms. The van der Waals surface area contributed by atoms with Crippen LogP contribution in [0.3, 0.4) is 0 Å². The summed E-state index contributed by atoms with van der Waals surface area (Å²) in [5.74, 6) is -0.960. The van der Waals surface area contributed by atoms with Crippen LogP contribution < -0.4 is 5.32 Å². The number of hydrogen-bond donors (Lipinski definition) is 5. The summed E-state index contributed by atoms with van der Waals surface area (Å²) in [6.45, 7) is 14.9. The Morgan fingerprint density at radius 3 is 2.47 bits per heavy atom. The highest BCUT2D eigenvalue weighted by atomic mass is 32.2. The lowest BCUT2D eigenvalue weighted by atomic mass is 9.89. The summed E-state index contributed by atoms with van der Waals surface area (Å²) in [6.07, 6.45) is 0.0321. The molecular formula is C27H42N3O10PS2. The molecule has 1 saturated heterocycles. The van der Waals surface area contributed by atoms with Gasteiger partial charge in [0.15, 0.2) is 22.3 Å². The van der Waals surface area contributed by atoms with E-state index < -0.39 is 65.6 Å². The van der Waals surface area contributed by atoms with Crippen molar-refractivity contribution in [3.63, 3.8) is 0 Å². The van der Waals surface area contributed by atoms with E-state index in [0.29, 0.717) is 22.5 Å². The molecule has 0 aliphatic carbocycles. The maximum atomic E-state index is 14.2. The Morgan fingerprint density at radius 1 is 1.28 bits per heavy atom. The topological polar surface area (TPSA) is 186 Å². The number of anilines is 1. The minimum atomic E-state index is -4.03. The van der Waals surface area contributed by atoms with E-state index in [0.717, 1.165) is 6.16 Å². The molecule has 3 rings (SSSR count). The summed E-state index contributed by atoms with van der Waals surface area (Å²) >= 11 is 3.07. The Hall–Kier alpha value is -1.52. The molecule has 3 heterocycles. The smallest absolute Gasteiger partial charge is 0.238 e. The van der Waals surface area contributed by atoms with Gasteiger partial charge in [0.2, 0.25) is 7.37 Å². The number of aromatic nitrogens is 2. The number of hydrogen-bond acceptors (Lipinski definition) is 14. The molecule has 16 heteroatoms. The predicted molar refractivity (Wildman–Crippen MR) is 169 cm³/mol. The molecule has 0 spiro atoms. The van der Waals surface area contributed by atoms with Gasteiger partial charge in [0, 0.05) is 23.4 Å². The summed E-state index contributed by atoms with van der Waals surface area (Å²) < 4.78 is 63.5. The van der Waals surface area contributed by atoms with Crippen molar-refractivity contribution in [3.8, 4) is 0 Å². The van der Waals surface area contributed by atoms with Gasteiger partial charge in [-0.3, -0.25) is 4.57 Å². The third-order valence-electron chi connectivity index (χ3n) is 6.78.